The van der Waals surface area contributed by atoms with E-state index in [0.29, 0.717) is 0 Å². The van der Waals surface area contributed by atoms with Crippen LogP contribution in [-0.2, 0) is 15.1 Å². The fraction of sp³-hybridized carbons (Fsp3) is 0.429. The number of carbonyl (C=O) groups excluding carboxylic acids is 2. The molecule has 1 aromatic rings. The molecule has 1 aliphatic rings. The Labute approximate surface area is 112 Å². The molecule has 0 atom stereocenters. The lowest BCUT2D eigenvalue weighted by molar-refractivity contribution is -0.127. The second-order valence-electron chi connectivity index (χ2n) is 4.83. The van der Waals surface area contributed by atoms with E-state index in [1.807, 2.05) is 30.3 Å². The van der Waals surface area contributed by atoms with Crippen molar-refractivity contribution in [3.05, 3.63) is 35.9 Å². The molecule has 5 heteroatoms. The highest BCUT2D eigenvalue weighted by molar-refractivity contribution is 5.86. The van der Waals surface area contributed by atoms with Crippen molar-refractivity contribution in [2.75, 3.05) is 13.1 Å². The van der Waals surface area contributed by atoms with Gasteiger partial charge in [0.1, 0.15) is 0 Å². The molecule has 0 unspecified atom stereocenters. The predicted molar refractivity (Wildman–Crippen MR) is 72.2 cm³/mol. The highest BCUT2D eigenvalue weighted by Gasteiger charge is 2.39. The van der Waals surface area contributed by atoms with Crippen molar-refractivity contribution in [3.8, 4) is 0 Å². The molecule has 2 amide bonds. The first-order valence-electron chi connectivity index (χ1n) is 6.49. The van der Waals surface area contributed by atoms with Crippen LogP contribution >= 0.6 is 0 Å². The van der Waals surface area contributed by atoms with Crippen LogP contribution in [0.3, 0.4) is 0 Å². The lowest BCUT2D eigenvalue weighted by Gasteiger charge is -2.43. The SMILES string of the molecule is NCC(=O)NCC(=O)NC1(c2ccccc2)CCC1. The van der Waals surface area contributed by atoms with Gasteiger partial charge in [0.15, 0.2) is 0 Å². The van der Waals surface area contributed by atoms with E-state index in [2.05, 4.69) is 10.6 Å². The van der Waals surface area contributed by atoms with Crippen LogP contribution in [0.2, 0.25) is 0 Å². The summed E-state index contributed by atoms with van der Waals surface area (Å²) in [7, 11) is 0. The van der Waals surface area contributed by atoms with E-state index in [4.69, 9.17) is 5.73 Å². The van der Waals surface area contributed by atoms with Crippen molar-refractivity contribution < 1.29 is 9.59 Å². The third-order valence-corrected chi connectivity index (χ3v) is 3.54. The largest absolute Gasteiger partial charge is 0.346 e. The fourth-order valence-corrected chi connectivity index (χ4v) is 2.34. The minimum atomic E-state index is -0.322. The standard InChI is InChI=1S/C14H19N3O2/c15-9-12(18)16-10-13(19)17-14(7-4-8-14)11-5-2-1-3-6-11/h1-3,5-6H,4,7-10,15H2,(H,16,18)(H,17,19). The van der Waals surface area contributed by atoms with E-state index in [9.17, 15) is 9.59 Å². The fourth-order valence-electron chi connectivity index (χ4n) is 2.34. The molecule has 4 N–H and O–H groups in total. The molecule has 1 aromatic carbocycles. The zero-order valence-electron chi connectivity index (χ0n) is 10.8. The number of nitrogens with one attached hydrogen (secondary N) is 2. The number of rotatable bonds is 5. The molecule has 0 radical (unpaired) electrons. The maximum Gasteiger partial charge on any atom is 0.240 e. The molecule has 2 rings (SSSR count). The van der Waals surface area contributed by atoms with Gasteiger partial charge in [-0.25, -0.2) is 0 Å². The predicted octanol–water partition coefficient (Wildman–Crippen LogP) is 0.257. The average Bonchev–Trinajstić information content (AvgIpc) is 2.41. The summed E-state index contributed by atoms with van der Waals surface area (Å²) in [6.45, 7) is -0.123. The summed E-state index contributed by atoms with van der Waals surface area (Å²) in [5.41, 5.74) is 6.04. The van der Waals surface area contributed by atoms with Crippen molar-refractivity contribution >= 4 is 11.8 Å². The second-order valence-corrected chi connectivity index (χ2v) is 4.83. The number of hydrogen-bond acceptors (Lipinski definition) is 3. The van der Waals surface area contributed by atoms with Gasteiger partial charge in [0.2, 0.25) is 11.8 Å². The molecule has 0 spiro atoms. The highest BCUT2D eigenvalue weighted by Crippen LogP contribution is 2.40. The minimum Gasteiger partial charge on any atom is -0.346 e. The van der Waals surface area contributed by atoms with Gasteiger partial charge in [0.25, 0.3) is 0 Å². The topological polar surface area (TPSA) is 84.2 Å². The summed E-state index contributed by atoms with van der Waals surface area (Å²) < 4.78 is 0. The Balaban J connectivity index is 1.96. The Hall–Kier alpha value is -1.88. The van der Waals surface area contributed by atoms with Crippen molar-refractivity contribution in [3.63, 3.8) is 0 Å². The van der Waals surface area contributed by atoms with Gasteiger partial charge in [0, 0.05) is 0 Å². The quantitative estimate of drug-likeness (QED) is 0.710. The summed E-state index contributed by atoms with van der Waals surface area (Å²) in [5.74, 6) is -0.497. The molecule has 0 heterocycles. The van der Waals surface area contributed by atoms with E-state index in [0.717, 1.165) is 24.8 Å². The van der Waals surface area contributed by atoms with Crippen LogP contribution in [0.5, 0.6) is 0 Å². The Morgan fingerprint density at radius 2 is 1.84 bits per heavy atom. The van der Waals surface area contributed by atoms with Crippen LogP contribution in [0.15, 0.2) is 30.3 Å². The van der Waals surface area contributed by atoms with Gasteiger partial charge in [-0.3, -0.25) is 9.59 Å². The Kier molecular flexibility index (Phi) is 4.16. The summed E-state index contributed by atoms with van der Waals surface area (Å²) in [6, 6.07) is 9.95. The third kappa shape index (κ3) is 3.12. The smallest absolute Gasteiger partial charge is 0.240 e. The van der Waals surface area contributed by atoms with E-state index >= 15 is 0 Å². The molecule has 0 aliphatic heterocycles. The maximum atomic E-state index is 11.9. The number of nitrogens with two attached hydrogens (primary N) is 1. The lowest BCUT2D eigenvalue weighted by atomic mass is 9.72. The van der Waals surface area contributed by atoms with Crippen LogP contribution in [0.1, 0.15) is 24.8 Å². The number of amides is 2. The van der Waals surface area contributed by atoms with Crippen LogP contribution in [0.4, 0.5) is 0 Å². The second kappa shape index (κ2) is 5.84. The molecule has 0 aromatic heterocycles. The Bertz CT molecular complexity index is 455. The molecular weight excluding hydrogens is 242 g/mol. The molecule has 1 fully saturated rings. The van der Waals surface area contributed by atoms with Crippen molar-refractivity contribution in [2.24, 2.45) is 5.73 Å². The Morgan fingerprint density at radius 1 is 1.16 bits per heavy atom. The number of hydrogen-bond donors (Lipinski definition) is 3. The molecule has 1 aliphatic carbocycles. The van der Waals surface area contributed by atoms with Gasteiger partial charge in [-0.05, 0) is 24.8 Å². The zero-order chi connectivity index (χ0) is 13.7. The monoisotopic (exact) mass is 261 g/mol. The van der Waals surface area contributed by atoms with Gasteiger partial charge in [-0.2, -0.15) is 0 Å². The first kappa shape index (κ1) is 13.5. The zero-order valence-corrected chi connectivity index (χ0v) is 10.8. The maximum absolute atomic E-state index is 11.9. The highest BCUT2D eigenvalue weighted by atomic mass is 16.2. The molecular formula is C14H19N3O2. The molecule has 19 heavy (non-hydrogen) atoms. The molecule has 102 valence electrons. The molecule has 0 bridgehead atoms. The van der Waals surface area contributed by atoms with E-state index in [1.165, 1.54) is 0 Å². The van der Waals surface area contributed by atoms with Gasteiger partial charge in [-0.15, -0.1) is 0 Å². The van der Waals surface area contributed by atoms with Crippen molar-refractivity contribution in [1.29, 1.82) is 0 Å². The van der Waals surface area contributed by atoms with E-state index in [1.54, 1.807) is 0 Å². The van der Waals surface area contributed by atoms with Crippen LogP contribution < -0.4 is 16.4 Å². The van der Waals surface area contributed by atoms with Gasteiger partial charge in [0.05, 0.1) is 18.6 Å². The molecule has 1 saturated carbocycles. The number of carbonyl (C=O) groups is 2. The van der Waals surface area contributed by atoms with Crippen molar-refractivity contribution in [2.45, 2.75) is 24.8 Å². The first-order chi connectivity index (χ1) is 9.16. The molecule has 0 saturated heterocycles. The van der Waals surface area contributed by atoms with Gasteiger partial charge >= 0.3 is 0 Å². The van der Waals surface area contributed by atoms with E-state index in [-0.39, 0.29) is 30.4 Å². The molecule has 5 nitrogen and oxygen atoms in total. The summed E-state index contributed by atoms with van der Waals surface area (Å²) in [4.78, 5) is 22.9. The van der Waals surface area contributed by atoms with Gasteiger partial charge in [-0.1, -0.05) is 30.3 Å². The Morgan fingerprint density at radius 3 is 2.37 bits per heavy atom. The van der Waals surface area contributed by atoms with Crippen LogP contribution in [0, 0.1) is 0 Å². The minimum absolute atomic E-state index is 0.0232. The van der Waals surface area contributed by atoms with Gasteiger partial charge < -0.3 is 16.4 Å². The first-order valence-corrected chi connectivity index (χ1v) is 6.49. The van der Waals surface area contributed by atoms with Crippen LogP contribution in [-0.4, -0.2) is 24.9 Å². The summed E-state index contributed by atoms with van der Waals surface area (Å²) in [6.07, 6.45) is 2.98. The third-order valence-electron chi connectivity index (χ3n) is 3.54. The lowest BCUT2D eigenvalue weighted by Crippen LogP contribution is -2.53. The summed E-state index contributed by atoms with van der Waals surface area (Å²) in [5, 5.41) is 5.51. The average molecular weight is 261 g/mol. The van der Waals surface area contributed by atoms with E-state index < -0.39 is 0 Å². The van der Waals surface area contributed by atoms with Crippen molar-refractivity contribution in [1.82, 2.24) is 10.6 Å². The summed E-state index contributed by atoms with van der Waals surface area (Å²) >= 11 is 0. The number of benzene rings is 1. The normalized spacial score (nSPS) is 16.3. The van der Waals surface area contributed by atoms with Crippen LogP contribution in [0.25, 0.3) is 0 Å².